The first-order chi connectivity index (χ1) is 19.9. The summed E-state index contributed by atoms with van der Waals surface area (Å²) in [5.41, 5.74) is 0.218. The topological polar surface area (TPSA) is 94.5 Å². The average Bonchev–Trinajstić information content (AvgIpc) is 3.28. The van der Waals surface area contributed by atoms with Gasteiger partial charge in [-0.25, -0.2) is 4.39 Å². The lowest BCUT2D eigenvalue weighted by Gasteiger charge is -2.39. The van der Waals surface area contributed by atoms with Gasteiger partial charge in [-0.05, 0) is 61.0 Å². The van der Waals surface area contributed by atoms with Crippen molar-refractivity contribution in [3.63, 3.8) is 0 Å². The molecular weight excluding hydrogens is 549 g/mol. The third kappa shape index (κ3) is 7.40. The van der Waals surface area contributed by atoms with E-state index in [2.05, 4.69) is 4.90 Å². The molecule has 0 saturated carbocycles. The van der Waals surface area contributed by atoms with Gasteiger partial charge in [-0.3, -0.25) is 14.5 Å². The predicted octanol–water partition coefficient (Wildman–Crippen LogP) is 5.80. The van der Waals surface area contributed by atoms with E-state index in [1.165, 1.54) is 42.5 Å². The molecule has 0 bridgehead atoms. The molecule has 5 rings (SSSR count). The molecule has 2 heterocycles. The van der Waals surface area contributed by atoms with E-state index in [1.807, 2.05) is 12.1 Å². The SMILES string of the molecule is CC(=O)OCCOCCCN1CC(Oc2ccc(Oc3c(C(=O)c4cccc(F)c4)sc4cc(O)ccc34)cc2)C1. The highest BCUT2D eigenvalue weighted by atomic mass is 32.1. The number of nitrogens with zero attached hydrogens (tertiary/aromatic N) is 1. The second-order valence-corrected chi connectivity index (χ2v) is 10.7. The summed E-state index contributed by atoms with van der Waals surface area (Å²) in [4.78, 5) is 26.6. The Morgan fingerprint density at radius 3 is 2.54 bits per heavy atom. The Bertz CT molecular complexity index is 1510. The highest BCUT2D eigenvalue weighted by Gasteiger charge is 2.28. The molecule has 1 aliphatic rings. The lowest BCUT2D eigenvalue weighted by atomic mass is 10.1. The van der Waals surface area contributed by atoms with Crippen LogP contribution in [0.4, 0.5) is 4.39 Å². The standard InChI is InChI=1S/C31H30FNO7S/c1-20(34)38-15-14-37-13-3-12-33-18-26(19-33)39-24-7-9-25(10-8-24)40-30-27-11-6-23(35)17-28(27)41-31(30)29(36)21-4-2-5-22(32)16-21/h2,4-11,16-17,26,35H,3,12-15,18-19H2,1H3. The van der Waals surface area contributed by atoms with E-state index in [4.69, 9.17) is 18.9 Å². The monoisotopic (exact) mass is 579 g/mol. The number of phenolic OH excluding ortho intramolecular Hbond substituents is 1. The molecule has 4 aromatic rings. The maximum atomic E-state index is 13.8. The number of thiophene rings is 1. The third-order valence-electron chi connectivity index (χ3n) is 6.49. The van der Waals surface area contributed by atoms with Crippen LogP contribution in [0.5, 0.6) is 23.0 Å². The Morgan fingerprint density at radius 1 is 1.00 bits per heavy atom. The lowest BCUT2D eigenvalue weighted by molar-refractivity contribution is -0.142. The van der Waals surface area contributed by atoms with E-state index in [-0.39, 0.29) is 35.8 Å². The number of aromatic hydroxyl groups is 1. The van der Waals surface area contributed by atoms with Gasteiger partial charge in [0.25, 0.3) is 0 Å². The lowest BCUT2D eigenvalue weighted by Crippen LogP contribution is -2.53. The maximum absolute atomic E-state index is 13.8. The predicted molar refractivity (Wildman–Crippen MR) is 153 cm³/mol. The summed E-state index contributed by atoms with van der Waals surface area (Å²) >= 11 is 1.19. The Hall–Kier alpha value is -3.99. The zero-order valence-corrected chi connectivity index (χ0v) is 23.3. The first kappa shape index (κ1) is 28.5. The number of ether oxygens (including phenoxy) is 4. The normalized spacial score (nSPS) is 13.6. The van der Waals surface area contributed by atoms with E-state index >= 15 is 0 Å². The quantitative estimate of drug-likeness (QED) is 0.121. The summed E-state index contributed by atoms with van der Waals surface area (Å²) in [6, 6.07) is 17.6. The maximum Gasteiger partial charge on any atom is 0.302 e. The molecule has 214 valence electrons. The zero-order valence-electron chi connectivity index (χ0n) is 22.5. The van der Waals surface area contributed by atoms with E-state index in [0.29, 0.717) is 45.4 Å². The van der Waals surface area contributed by atoms with Gasteiger partial charge in [-0.2, -0.15) is 0 Å². The molecule has 1 N–H and O–H groups in total. The number of benzene rings is 3. The summed E-state index contributed by atoms with van der Waals surface area (Å²) < 4.78 is 37.1. The van der Waals surface area contributed by atoms with Crippen LogP contribution < -0.4 is 9.47 Å². The van der Waals surface area contributed by atoms with Crippen LogP contribution in [0.2, 0.25) is 0 Å². The molecule has 1 saturated heterocycles. The van der Waals surface area contributed by atoms with Crippen LogP contribution in [-0.4, -0.2) is 67.3 Å². The molecule has 1 aromatic heterocycles. The fraction of sp³-hybridized carbons (Fsp3) is 0.290. The molecule has 41 heavy (non-hydrogen) atoms. The van der Waals surface area contributed by atoms with Crippen molar-refractivity contribution < 1.29 is 38.0 Å². The number of esters is 1. The Labute approximate surface area is 240 Å². The number of hydrogen-bond acceptors (Lipinski definition) is 9. The molecule has 3 aromatic carbocycles. The third-order valence-corrected chi connectivity index (χ3v) is 7.62. The largest absolute Gasteiger partial charge is 0.508 e. The van der Waals surface area contributed by atoms with Crippen LogP contribution >= 0.6 is 11.3 Å². The van der Waals surface area contributed by atoms with Crippen LogP contribution in [0.25, 0.3) is 10.1 Å². The minimum absolute atomic E-state index is 0.0794. The number of rotatable bonds is 13. The van der Waals surface area contributed by atoms with Gasteiger partial charge in [-0.15, -0.1) is 11.3 Å². The van der Waals surface area contributed by atoms with E-state index in [0.717, 1.165) is 26.1 Å². The molecule has 1 fully saturated rings. The van der Waals surface area contributed by atoms with E-state index in [1.54, 1.807) is 30.3 Å². The molecular formula is C31H30FNO7S. The Kier molecular flexibility index (Phi) is 9.13. The van der Waals surface area contributed by atoms with Crippen LogP contribution in [0.15, 0.2) is 66.7 Å². The number of halogens is 1. The molecule has 1 aliphatic heterocycles. The van der Waals surface area contributed by atoms with Gasteiger partial charge in [0.2, 0.25) is 5.78 Å². The minimum atomic E-state index is -0.496. The van der Waals surface area contributed by atoms with E-state index in [9.17, 15) is 19.1 Å². The molecule has 0 unspecified atom stereocenters. The number of hydrogen-bond donors (Lipinski definition) is 1. The van der Waals surface area contributed by atoms with Crippen molar-refractivity contribution in [1.29, 1.82) is 0 Å². The van der Waals surface area contributed by atoms with Gasteiger partial charge < -0.3 is 24.1 Å². The average molecular weight is 580 g/mol. The summed E-state index contributed by atoms with van der Waals surface area (Å²) in [5, 5.41) is 10.6. The molecule has 0 radical (unpaired) electrons. The van der Waals surface area contributed by atoms with E-state index < -0.39 is 5.82 Å². The zero-order chi connectivity index (χ0) is 28.8. The smallest absolute Gasteiger partial charge is 0.302 e. The van der Waals surface area contributed by atoms with Crippen molar-refractivity contribution in [2.24, 2.45) is 0 Å². The number of carbonyl (C=O) groups excluding carboxylic acids is 2. The van der Waals surface area contributed by atoms with Gasteiger partial charge in [0, 0.05) is 48.8 Å². The summed E-state index contributed by atoms with van der Waals surface area (Å²) in [5.74, 6) is 0.513. The van der Waals surface area contributed by atoms with Gasteiger partial charge in [0.05, 0.1) is 6.61 Å². The summed E-state index contributed by atoms with van der Waals surface area (Å²) in [6.45, 7) is 5.23. The number of phenols is 1. The first-order valence-corrected chi connectivity index (χ1v) is 14.1. The number of fused-ring (bicyclic) bond motifs is 1. The van der Waals surface area contributed by atoms with Gasteiger partial charge in [0.1, 0.15) is 40.7 Å². The highest BCUT2D eigenvalue weighted by molar-refractivity contribution is 7.21. The fourth-order valence-electron chi connectivity index (χ4n) is 4.49. The summed E-state index contributed by atoms with van der Waals surface area (Å²) in [7, 11) is 0. The van der Waals surface area contributed by atoms with Crippen LogP contribution in [0, 0.1) is 5.82 Å². The van der Waals surface area contributed by atoms with Gasteiger partial charge in [-0.1, -0.05) is 12.1 Å². The molecule has 8 nitrogen and oxygen atoms in total. The van der Waals surface area contributed by atoms with Gasteiger partial charge >= 0.3 is 5.97 Å². The number of ketones is 1. The van der Waals surface area contributed by atoms with Crippen LogP contribution in [0.1, 0.15) is 28.6 Å². The van der Waals surface area contributed by atoms with Crippen molar-refractivity contribution in [1.82, 2.24) is 4.90 Å². The highest BCUT2D eigenvalue weighted by Crippen LogP contribution is 2.43. The van der Waals surface area contributed by atoms with Gasteiger partial charge in [0.15, 0.2) is 5.75 Å². The number of carbonyl (C=O) groups is 2. The van der Waals surface area contributed by atoms with Crippen molar-refractivity contribution >= 4 is 33.2 Å². The van der Waals surface area contributed by atoms with Crippen LogP contribution in [-0.2, 0) is 14.3 Å². The second kappa shape index (κ2) is 13.1. The molecule has 10 heteroatoms. The Morgan fingerprint density at radius 2 is 1.78 bits per heavy atom. The molecule has 0 atom stereocenters. The summed E-state index contributed by atoms with van der Waals surface area (Å²) in [6.07, 6.45) is 0.981. The van der Waals surface area contributed by atoms with Crippen molar-refractivity contribution in [3.8, 4) is 23.0 Å². The van der Waals surface area contributed by atoms with Crippen molar-refractivity contribution in [2.75, 3.05) is 39.5 Å². The Balaban J connectivity index is 1.16. The molecule has 0 aliphatic carbocycles. The minimum Gasteiger partial charge on any atom is -0.508 e. The van der Waals surface area contributed by atoms with Crippen molar-refractivity contribution in [2.45, 2.75) is 19.4 Å². The first-order valence-electron chi connectivity index (χ1n) is 13.3. The number of likely N-dealkylation sites (tertiary alicyclic amines) is 1. The molecule has 0 spiro atoms. The molecule has 0 amide bonds. The van der Waals surface area contributed by atoms with Crippen molar-refractivity contribution in [3.05, 3.63) is 83.0 Å². The second-order valence-electron chi connectivity index (χ2n) is 9.66. The fourth-order valence-corrected chi connectivity index (χ4v) is 5.61. The van der Waals surface area contributed by atoms with Crippen LogP contribution in [0.3, 0.4) is 0 Å².